The third-order valence-electron chi connectivity index (χ3n) is 2.48. The molecule has 7 heteroatoms. The summed E-state index contributed by atoms with van der Waals surface area (Å²) >= 11 is 3.32. The molecule has 0 saturated carbocycles. The van der Waals surface area contributed by atoms with Crippen molar-refractivity contribution < 1.29 is 4.79 Å². The average Bonchev–Trinajstić information content (AvgIpc) is 2.88. The maximum absolute atomic E-state index is 11.9. The third kappa shape index (κ3) is 3.19. The molecule has 0 aliphatic carbocycles. The number of rotatable bonds is 4. The van der Waals surface area contributed by atoms with Gasteiger partial charge in [-0.1, -0.05) is 6.92 Å². The van der Waals surface area contributed by atoms with Crippen molar-refractivity contribution in [2.24, 2.45) is 13.0 Å². The average molecular weight is 312 g/mol. The number of carbonyl (C=O) groups excluding carboxylic acids is 1. The van der Waals surface area contributed by atoms with Crippen LogP contribution >= 0.6 is 15.9 Å². The maximum Gasteiger partial charge on any atom is 0.230 e. The zero-order valence-corrected chi connectivity index (χ0v) is 11.8. The maximum atomic E-state index is 11.9. The number of anilines is 1. The minimum absolute atomic E-state index is 0.0691. The molecule has 1 amide bonds. The van der Waals surface area contributed by atoms with E-state index in [1.54, 1.807) is 34.9 Å². The Hall–Kier alpha value is -1.63. The van der Waals surface area contributed by atoms with Crippen LogP contribution in [0.2, 0.25) is 0 Å². The van der Waals surface area contributed by atoms with Crippen molar-refractivity contribution in [2.75, 3.05) is 5.32 Å². The number of amides is 1. The second kappa shape index (κ2) is 5.34. The normalized spacial score (nSPS) is 12.4. The van der Waals surface area contributed by atoms with Crippen molar-refractivity contribution >= 4 is 27.7 Å². The van der Waals surface area contributed by atoms with Gasteiger partial charge in [0.25, 0.3) is 0 Å². The molecule has 18 heavy (non-hydrogen) atoms. The van der Waals surface area contributed by atoms with Gasteiger partial charge in [0.15, 0.2) is 5.82 Å². The third-order valence-corrected chi connectivity index (χ3v) is 2.88. The van der Waals surface area contributed by atoms with Gasteiger partial charge in [-0.2, -0.15) is 10.2 Å². The fourth-order valence-corrected chi connectivity index (χ4v) is 1.86. The molecule has 0 aromatic carbocycles. The molecular formula is C11H14BrN5O. The summed E-state index contributed by atoms with van der Waals surface area (Å²) in [5.41, 5.74) is 0. The highest BCUT2D eigenvalue weighted by Gasteiger charge is 2.15. The molecule has 0 saturated heterocycles. The summed E-state index contributed by atoms with van der Waals surface area (Å²) in [6, 6.07) is 1.76. The Morgan fingerprint density at radius 1 is 1.61 bits per heavy atom. The van der Waals surface area contributed by atoms with Crippen molar-refractivity contribution in [3.63, 3.8) is 0 Å². The number of nitrogens with one attached hydrogen (secondary N) is 1. The van der Waals surface area contributed by atoms with Gasteiger partial charge < -0.3 is 5.32 Å². The van der Waals surface area contributed by atoms with Gasteiger partial charge in [-0.25, -0.2) is 0 Å². The van der Waals surface area contributed by atoms with Crippen LogP contribution in [0.5, 0.6) is 0 Å². The molecule has 0 bridgehead atoms. The summed E-state index contributed by atoms with van der Waals surface area (Å²) in [6.45, 7) is 2.39. The van der Waals surface area contributed by atoms with Crippen LogP contribution in [0.25, 0.3) is 0 Å². The molecule has 6 nitrogen and oxygen atoms in total. The van der Waals surface area contributed by atoms with Gasteiger partial charge in [0.2, 0.25) is 5.91 Å². The second-order valence-electron chi connectivity index (χ2n) is 4.15. The molecule has 0 aliphatic rings. The van der Waals surface area contributed by atoms with Crippen molar-refractivity contribution in [1.29, 1.82) is 0 Å². The van der Waals surface area contributed by atoms with Crippen molar-refractivity contribution in [3.8, 4) is 0 Å². The number of nitrogens with zero attached hydrogens (tertiary/aromatic N) is 4. The smallest absolute Gasteiger partial charge is 0.230 e. The topological polar surface area (TPSA) is 64.7 Å². The predicted octanol–water partition coefficient (Wildman–Crippen LogP) is 1.65. The molecule has 0 radical (unpaired) electrons. The lowest BCUT2D eigenvalue weighted by Crippen LogP contribution is -2.24. The molecule has 0 unspecified atom stereocenters. The molecule has 2 aromatic rings. The summed E-state index contributed by atoms with van der Waals surface area (Å²) in [4.78, 5) is 11.9. The molecule has 0 aliphatic heterocycles. The molecule has 1 atom stereocenters. The minimum Gasteiger partial charge on any atom is -0.309 e. The van der Waals surface area contributed by atoms with Gasteiger partial charge in [-0.3, -0.25) is 14.2 Å². The van der Waals surface area contributed by atoms with Crippen molar-refractivity contribution in [1.82, 2.24) is 19.6 Å². The van der Waals surface area contributed by atoms with Gasteiger partial charge >= 0.3 is 0 Å². The zero-order chi connectivity index (χ0) is 13.1. The van der Waals surface area contributed by atoms with Crippen LogP contribution in [0, 0.1) is 5.92 Å². The summed E-state index contributed by atoms with van der Waals surface area (Å²) in [5.74, 6) is 0.315. The first kappa shape index (κ1) is 12.8. The minimum atomic E-state index is -0.182. The molecule has 2 heterocycles. The predicted molar refractivity (Wildman–Crippen MR) is 70.9 cm³/mol. The summed E-state index contributed by atoms with van der Waals surface area (Å²) in [6.07, 6.45) is 5.32. The van der Waals surface area contributed by atoms with E-state index < -0.39 is 0 Å². The monoisotopic (exact) mass is 311 g/mol. The number of hydrogen-bond donors (Lipinski definition) is 1. The first-order valence-electron chi connectivity index (χ1n) is 5.53. The summed E-state index contributed by atoms with van der Waals surface area (Å²) < 4.78 is 4.28. The molecule has 2 rings (SSSR count). The Kier molecular flexibility index (Phi) is 3.81. The lowest BCUT2D eigenvalue weighted by atomic mass is 10.1. The van der Waals surface area contributed by atoms with E-state index >= 15 is 0 Å². The number of aryl methyl sites for hydroxylation is 1. The Morgan fingerprint density at radius 2 is 2.39 bits per heavy atom. The van der Waals surface area contributed by atoms with Gasteiger partial charge in [0.05, 0.1) is 23.1 Å². The SMILES string of the molecule is C[C@H](Cn1cc(Br)cn1)C(=O)Nc1ccn(C)n1. The second-order valence-corrected chi connectivity index (χ2v) is 5.06. The lowest BCUT2D eigenvalue weighted by molar-refractivity contribution is -0.119. The number of halogens is 1. The Morgan fingerprint density at radius 3 is 2.94 bits per heavy atom. The fraction of sp³-hybridized carbons (Fsp3) is 0.364. The molecule has 2 aromatic heterocycles. The van der Waals surface area contributed by atoms with E-state index in [4.69, 9.17) is 0 Å². The Balaban J connectivity index is 1.92. The van der Waals surface area contributed by atoms with E-state index in [1.807, 2.05) is 13.1 Å². The first-order valence-corrected chi connectivity index (χ1v) is 6.32. The molecule has 0 spiro atoms. The van der Waals surface area contributed by atoms with E-state index in [1.165, 1.54) is 0 Å². The van der Waals surface area contributed by atoms with Crippen molar-refractivity contribution in [3.05, 3.63) is 29.1 Å². The molecule has 96 valence electrons. The van der Waals surface area contributed by atoms with Crippen LogP contribution < -0.4 is 5.32 Å². The molecule has 0 fully saturated rings. The van der Waals surface area contributed by atoms with E-state index in [2.05, 4.69) is 31.4 Å². The van der Waals surface area contributed by atoms with E-state index in [9.17, 15) is 4.79 Å². The first-order chi connectivity index (χ1) is 8.54. The highest BCUT2D eigenvalue weighted by molar-refractivity contribution is 9.10. The van der Waals surface area contributed by atoms with Crippen LogP contribution in [-0.2, 0) is 18.4 Å². The molecular weight excluding hydrogens is 298 g/mol. The Bertz CT molecular complexity index is 547. The largest absolute Gasteiger partial charge is 0.309 e. The zero-order valence-electron chi connectivity index (χ0n) is 10.2. The van der Waals surface area contributed by atoms with Crippen LogP contribution in [-0.4, -0.2) is 25.5 Å². The Labute approximate surface area is 113 Å². The van der Waals surface area contributed by atoms with Gasteiger partial charge in [0.1, 0.15) is 0 Å². The summed E-state index contributed by atoms with van der Waals surface area (Å²) in [5, 5.41) is 11.0. The quantitative estimate of drug-likeness (QED) is 0.934. The molecule has 1 N–H and O–H groups in total. The van der Waals surface area contributed by atoms with Crippen LogP contribution in [0.1, 0.15) is 6.92 Å². The highest BCUT2D eigenvalue weighted by Crippen LogP contribution is 2.10. The van der Waals surface area contributed by atoms with E-state index in [-0.39, 0.29) is 11.8 Å². The van der Waals surface area contributed by atoms with Gasteiger partial charge in [-0.15, -0.1) is 0 Å². The van der Waals surface area contributed by atoms with Crippen LogP contribution in [0.15, 0.2) is 29.1 Å². The summed E-state index contributed by atoms with van der Waals surface area (Å²) in [7, 11) is 1.81. The van der Waals surface area contributed by atoms with Gasteiger partial charge in [-0.05, 0) is 15.9 Å². The number of hydrogen-bond acceptors (Lipinski definition) is 3. The highest BCUT2D eigenvalue weighted by atomic mass is 79.9. The number of carbonyl (C=O) groups is 1. The standard InChI is InChI=1S/C11H14BrN5O/c1-8(6-17-7-9(12)5-13-17)11(18)14-10-3-4-16(2)15-10/h3-5,7-8H,6H2,1-2H3,(H,14,15,18)/t8-/m1/s1. The van der Waals surface area contributed by atoms with Crippen molar-refractivity contribution in [2.45, 2.75) is 13.5 Å². The number of aromatic nitrogens is 4. The van der Waals surface area contributed by atoms with E-state index in [0.717, 1.165) is 4.47 Å². The fourth-order valence-electron chi connectivity index (χ4n) is 1.53. The van der Waals surface area contributed by atoms with Gasteiger partial charge in [0, 0.05) is 25.5 Å². The lowest BCUT2D eigenvalue weighted by Gasteiger charge is -2.10. The van der Waals surface area contributed by atoms with Crippen LogP contribution in [0.4, 0.5) is 5.82 Å². The van der Waals surface area contributed by atoms with E-state index in [0.29, 0.717) is 12.4 Å². The van der Waals surface area contributed by atoms with Crippen LogP contribution in [0.3, 0.4) is 0 Å².